The van der Waals surface area contributed by atoms with Crippen molar-refractivity contribution >= 4 is 5.91 Å². The molecule has 7 heteroatoms. The minimum Gasteiger partial charge on any atom is -0.354 e. The molecule has 6 nitrogen and oxygen atoms in total. The van der Waals surface area contributed by atoms with Crippen molar-refractivity contribution in [2.24, 2.45) is 0 Å². The second-order valence-corrected chi connectivity index (χ2v) is 7.16. The van der Waals surface area contributed by atoms with Gasteiger partial charge in [0.25, 0.3) is 0 Å². The van der Waals surface area contributed by atoms with E-state index in [1.807, 2.05) is 36.4 Å². The molecule has 0 bridgehead atoms. The molecule has 0 atom stereocenters. The fraction of sp³-hybridized carbons (Fsp3) is 0.167. The second-order valence-electron chi connectivity index (χ2n) is 7.16. The topological polar surface area (TPSA) is 72.7 Å². The summed E-state index contributed by atoms with van der Waals surface area (Å²) in [5, 5.41) is 15.0. The first kappa shape index (κ1) is 20.4. The van der Waals surface area contributed by atoms with E-state index in [-0.39, 0.29) is 24.2 Å². The van der Waals surface area contributed by atoms with Crippen LogP contribution in [0.5, 0.6) is 0 Å². The Balaban J connectivity index is 1.34. The number of hydrogen-bond donors (Lipinski definition) is 1. The van der Waals surface area contributed by atoms with Crippen molar-refractivity contribution in [1.29, 1.82) is 0 Å². The summed E-state index contributed by atoms with van der Waals surface area (Å²) in [4.78, 5) is 13.6. The van der Waals surface area contributed by atoms with Crippen LogP contribution in [0.25, 0.3) is 11.4 Å². The molecule has 0 fully saturated rings. The van der Waals surface area contributed by atoms with Crippen molar-refractivity contribution in [3.63, 3.8) is 0 Å². The number of aromatic nitrogens is 4. The van der Waals surface area contributed by atoms with Gasteiger partial charge in [-0.25, -0.2) is 4.39 Å². The van der Waals surface area contributed by atoms with Crippen LogP contribution in [0.2, 0.25) is 0 Å². The van der Waals surface area contributed by atoms with Gasteiger partial charge in [-0.2, -0.15) is 4.80 Å². The number of nitrogens with zero attached hydrogens (tertiary/aromatic N) is 4. The summed E-state index contributed by atoms with van der Waals surface area (Å²) in [6.07, 6.45) is 0.769. The SMILES string of the molecule is O=C(Cn1nnc(-c2ccc(F)cc2)n1)NCCC(c1ccccc1)c1ccccc1. The third-order valence-electron chi connectivity index (χ3n) is 5.00. The van der Waals surface area contributed by atoms with Gasteiger partial charge in [0, 0.05) is 18.0 Å². The molecule has 4 rings (SSSR count). The summed E-state index contributed by atoms with van der Waals surface area (Å²) < 4.78 is 13.1. The Labute approximate surface area is 179 Å². The zero-order valence-electron chi connectivity index (χ0n) is 16.9. The standard InChI is InChI=1S/C24H22FN5O/c25-21-13-11-20(12-14-21)24-27-29-30(28-24)17-23(31)26-16-15-22(18-7-3-1-4-8-18)19-9-5-2-6-10-19/h1-14,22H,15-17H2,(H,26,31). The predicted octanol–water partition coefficient (Wildman–Crippen LogP) is 3.82. The molecule has 0 saturated carbocycles. The fourth-order valence-corrected chi connectivity index (χ4v) is 3.46. The van der Waals surface area contributed by atoms with Gasteiger partial charge < -0.3 is 5.32 Å². The molecule has 0 saturated heterocycles. The molecule has 0 aliphatic carbocycles. The lowest BCUT2D eigenvalue weighted by Gasteiger charge is -2.18. The van der Waals surface area contributed by atoms with E-state index in [2.05, 4.69) is 45.0 Å². The molecule has 1 N–H and O–H groups in total. The molecule has 1 amide bonds. The van der Waals surface area contributed by atoms with E-state index in [0.717, 1.165) is 6.42 Å². The molecule has 0 aliphatic heterocycles. The van der Waals surface area contributed by atoms with Gasteiger partial charge in [-0.1, -0.05) is 60.7 Å². The summed E-state index contributed by atoms with van der Waals surface area (Å²) in [7, 11) is 0. The van der Waals surface area contributed by atoms with Crippen LogP contribution >= 0.6 is 0 Å². The summed E-state index contributed by atoms with van der Waals surface area (Å²) in [5.41, 5.74) is 3.07. The normalized spacial score (nSPS) is 10.9. The van der Waals surface area contributed by atoms with E-state index in [4.69, 9.17) is 0 Å². The highest BCUT2D eigenvalue weighted by Crippen LogP contribution is 2.27. The average molecular weight is 415 g/mol. The monoisotopic (exact) mass is 415 g/mol. The van der Waals surface area contributed by atoms with E-state index in [0.29, 0.717) is 17.9 Å². The van der Waals surface area contributed by atoms with Crippen molar-refractivity contribution in [3.05, 3.63) is 102 Å². The third kappa shape index (κ3) is 5.39. The van der Waals surface area contributed by atoms with Crippen LogP contribution in [-0.2, 0) is 11.3 Å². The molecule has 3 aromatic carbocycles. The average Bonchev–Trinajstić information content (AvgIpc) is 3.27. The number of benzene rings is 3. The maximum atomic E-state index is 13.1. The Morgan fingerprint density at radius 1 is 0.903 bits per heavy atom. The van der Waals surface area contributed by atoms with Gasteiger partial charge in [0.05, 0.1) is 0 Å². The van der Waals surface area contributed by atoms with Gasteiger partial charge in [0.2, 0.25) is 11.7 Å². The molecule has 0 radical (unpaired) electrons. The van der Waals surface area contributed by atoms with Crippen molar-refractivity contribution < 1.29 is 9.18 Å². The number of rotatable bonds is 8. The van der Waals surface area contributed by atoms with Crippen molar-refractivity contribution in [2.45, 2.75) is 18.9 Å². The van der Waals surface area contributed by atoms with Gasteiger partial charge in [0.15, 0.2) is 0 Å². The van der Waals surface area contributed by atoms with Crippen molar-refractivity contribution in [1.82, 2.24) is 25.5 Å². The van der Waals surface area contributed by atoms with Crippen LogP contribution < -0.4 is 5.32 Å². The van der Waals surface area contributed by atoms with E-state index in [1.165, 1.54) is 28.1 Å². The number of amides is 1. The van der Waals surface area contributed by atoms with E-state index >= 15 is 0 Å². The van der Waals surface area contributed by atoms with Crippen LogP contribution in [0.15, 0.2) is 84.9 Å². The summed E-state index contributed by atoms with van der Waals surface area (Å²) in [6.45, 7) is 0.488. The van der Waals surface area contributed by atoms with Crippen LogP contribution in [0.1, 0.15) is 23.5 Å². The van der Waals surface area contributed by atoms with Gasteiger partial charge in [-0.3, -0.25) is 4.79 Å². The molecular weight excluding hydrogens is 393 g/mol. The van der Waals surface area contributed by atoms with E-state index < -0.39 is 0 Å². The number of halogens is 1. The second kappa shape index (κ2) is 9.75. The number of nitrogens with one attached hydrogen (secondary N) is 1. The lowest BCUT2D eigenvalue weighted by molar-refractivity contribution is -0.122. The lowest BCUT2D eigenvalue weighted by atomic mass is 9.88. The number of carbonyl (C=O) groups is 1. The highest BCUT2D eigenvalue weighted by atomic mass is 19.1. The maximum absolute atomic E-state index is 13.1. The van der Waals surface area contributed by atoms with Gasteiger partial charge in [0.1, 0.15) is 12.4 Å². The quantitative estimate of drug-likeness (QED) is 0.475. The maximum Gasteiger partial charge on any atom is 0.243 e. The largest absolute Gasteiger partial charge is 0.354 e. The van der Waals surface area contributed by atoms with Crippen LogP contribution in [0, 0.1) is 5.82 Å². The zero-order chi connectivity index (χ0) is 21.5. The molecule has 0 unspecified atom stereocenters. The minimum absolute atomic E-state index is 0.0322. The molecule has 156 valence electrons. The Bertz CT molecular complexity index is 1070. The Morgan fingerprint density at radius 3 is 2.13 bits per heavy atom. The van der Waals surface area contributed by atoms with Crippen molar-refractivity contribution in [3.8, 4) is 11.4 Å². The Hall–Kier alpha value is -3.87. The zero-order valence-corrected chi connectivity index (χ0v) is 16.9. The van der Waals surface area contributed by atoms with Crippen molar-refractivity contribution in [2.75, 3.05) is 6.54 Å². The van der Waals surface area contributed by atoms with E-state index in [1.54, 1.807) is 12.1 Å². The van der Waals surface area contributed by atoms with Crippen LogP contribution in [0.3, 0.4) is 0 Å². The highest BCUT2D eigenvalue weighted by molar-refractivity contribution is 5.75. The highest BCUT2D eigenvalue weighted by Gasteiger charge is 2.15. The summed E-state index contributed by atoms with van der Waals surface area (Å²) in [6, 6.07) is 26.3. The lowest BCUT2D eigenvalue weighted by Crippen LogP contribution is -2.30. The molecule has 31 heavy (non-hydrogen) atoms. The first-order chi connectivity index (χ1) is 15.2. The molecular formula is C24H22FN5O. The van der Waals surface area contributed by atoms with Gasteiger partial charge in [-0.15, -0.1) is 10.2 Å². The molecule has 1 heterocycles. The first-order valence-electron chi connectivity index (χ1n) is 10.1. The van der Waals surface area contributed by atoms with Crippen LogP contribution in [-0.4, -0.2) is 32.7 Å². The smallest absolute Gasteiger partial charge is 0.243 e. The summed E-state index contributed by atoms with van der Waals surface area (Å²) >= 11 is 0. The molecule has 0 spiro atoms. The number of hydrogen-bond acceptors (Lipinski definition) is 4. The predicted molar refractivity (Wildman–Crippen MR) is 116 cm³/mol. The Morgan fingerprint density at radius 2 is 1.52 bits per heavy atom. The third-order valence-corrected chi connectivity index (χ3v) is 5.00. The molecule has 4 aromatic rings. The number of carbonyl (C=O) groups excluding carboxylic acids is 1. The molecule has 0 aliphatic rings. The van der Waals surface area contributed by atoms with E-state index in [9.17, 15) is 9.18 Å². The molecule has 1 aromatic heterocycles. The fourth-order valence-electron chi connectivity index (χ4n) is 3.46. The van der Waals surface area contributed by atoms with Crippen LogP contribution in [0.4, 0.5) is 4.39 Å². The Kier molecular flexibility index (Phi) is 6.42. The number of tetrazole rings is 1. The minimum atomic E-state index is -0.333. The summed E-state index contributed by atoms with van der Waals surface area (Å²) in [5.74, 6) is 0.0149. The first-order valence-corrected chi connectivity index (χ1v) is 10.1. The van der Waals surface area contributed by atoms with Gasteiger partial charge >= 0.3 is 0 Å². The van der Waals surface area contributed by atoms with Gasteiger partial charge in [-0.05, 0) is 47.0 Å².